The van der Waals surface area contributed by atoms with Crippen LogP contribution in [0.3, 0.4) is 0 Å². The van der Waals surface area contributed by atoms with E-state index < -0.39 is 10.0 Å². The van der Waals surface area contributed by atoms with Gasteiger partial charge < -0.3 is 4.90 Å². The van der Waals surface area contributed by atoms with E-state index in [1.165, 1.54) is 5.56 Å². The minimum absolute atomic E-state index is 0.404. The van der Waals surface area contributed by atoms with Gasteiger partial charge in [0.2, 0.25) is 10.0 Å². The topological polar surface area (TPSA) is 40.6 Å². The van der Waals surface area contributed by atoms with E-state index in [9.17, 15) is 8.42 Å². The fourth-order valence-corrected chi connectivity index (χ4v) is 4.61. The summed E-state index contributed by atoms with van der Waals surface area (Å²) in [5, 5.41) is 0. The maximum atomic E-state index is 12.9. The van der Waals surface area contributed by atoms with Gasteiger partial charge >= 0.3 is 0 Å². The highest BCUT2D eigenvalue weighted by Gasteiger charge is 2.28. The Morgan fingerprint density at radius 1 is 0.880 bits per heavy atom. The van der Waals surface area contributed by atoms with Crippen LogP contribution in [0.1, 0.15) is 25.3 Å². The molecule has 1 fully saturated rings. The molecule has 2 aromatic rings. The quantitative estimate of drug-likeness (QED) is 0.793. The number of unbranched alkanes of at least 4 members (excludes halogenated alkanes) is 1. The Morgan fingerprint density at radius 2 is 1.52 bits per heavy atom. The third-order valence-corrected chi connectivity index (χ3v) is 6.65. The summed E-state index contributed by atoms with van der Waals surface area (Å²) in [5.41, 5.74) is 2.36. The molecule has 1 aliphatic rings. The van der Waals surface area contributed by atoms with E-state index in [0.29, 0.717) is 18.0 Å². The highest BCUT2D eigenvalue weighted by molar-refractivity contribution is 7.89. The molecule has 1 aliphatic heterocycles. The summed E-state index contributed by atoms with van der Waals surface area (Å²) in [6, 6.07) is 17.6. The Labute approximate surface area is 151 Å². The number of hydrogen-bond acceptors (Lipinski definition) is 3. The Kier molecular flexibility index (Phi) is 5.76. The number of nitrogens with zero attached hydrogens (tertiary/aromatic N) is 2. The molecule has 25 heavy (non-hydrogen) atoms. The van der Waals surface area contributed by atoms with Gasteiger partial charge in [-0.3, -0.25) is 0 Å². The molecule has 1 saturated heterocycles. The van der Waals surface area contributed by atoms with Crippen molar-refractivity contribution in [3.05, 3.63) is 60.2 Å². The van der Waals surface area contributed by atoms with E-state index in [1.807, 2.05) is 30.3 Å². The summed E-state index contributed by atoms with van der Waals surface area (Å²) in [5.74, 6) is 0. The van der Waals surface area contributed by atoms with Crippen LogP contribution in [0.25, 0.3) is 0 Å². The number of piperazine rings is 1. The largest absolute Gasteiger partial charge is 0.369 e. The van der Waals surface area contributed by atoms with Crippen molar-refractivity contribution < 1.29 is 8.42 Å². The number of para-hydroxylation sites is 1. The van der Waals surface area contributed by atoms with Gasteiger partial charge in [0.25, 0.3) is 0 Å². The van der Waals surface area contributed by atoms with Crippen LogP contribution in [0.5, 0.6) is 0 Å². The third-order valence-electron chi connectivity index (χ3n) is 4.74. The molecule has 0 spiro atoms. The van der Waals surface area contributed by atoms with Crippen LogP contribution in [0.2, 0.25) is 0 Å². The Bertz CT molecular complexity index is 765. The molecule has 5 heteroatoms. The lowest BCUT2D eigenvalue weighted by Gasteiger charge is -2.35. The standard InChI is InChI=1S/C20H26N2O2S/c1-2-3-7-18-10-12-20(13-11-18)25(23,24)22-16-14-21(15-17-22)19-8-5-4-6-9-19/h4-6,8-13H,2-3,7,14-17H2,1H3. The van der Waals surface area contributed by atoms with Crippen LogP contribution >= 0.6 is 0 Å². The first kappa shape index (κ1) is 18.0. The molecule has 2 aromatic carbocycles. The van der Waals surface area contributed by atoms with Crippen LogP contribution in [-0.4, -0.2) is 38.9 Å². The average Bonchev–Trinajstić information content (AvgIpc) is 2.67. The van der Waals surface area contributed by atoms with E-state index in [0.717, 1.165) is 38.0 Å². The van der Waals surface area contributed by atoms with Gasteiger partial charge in [0.15, 0.2) is 0 Å². The Balaban J connectivity index is 1.65. The number of benzene rings is 2. The Morgan fingerprint density at radius 3 is 2.12 bits per heavy atom. The van der Waals surface area contributed by atoms with Crippen LogP contribution in [0.15, 0.2) is 59.5 Å². The molecule has 1 heterocycles. The smallest absolute Gasteiger partial charge is 0.243 e. The molecule has 134 valence electrons. The second-order valence-electron chi connectivity index (χ2n) is 6.47. The summed E-state index contributed by atoms with van der Waals surface area (Å²) in [6.45, 7) is 4.65. The maximum absolute atomic E-state index is 12.9. The highest BCUT2D eigenvalue weighted by atomic mass is 32.2. The lowest BCUT2D eigenvalue weighted by molar-refractivity contribution is 0.385. The van der Waals surface area contributed by atoms with Gasteiger partial charge in [0.05, 0.1) is 4.90 Å². The minimum Gasteiger partial charge on any atom is -0.369 e. The lowest BCUT2D eigenvalue weighted by atomic mass is 10.1. The van der Waals surface area contributed by atoms with Crippen molar-refractivity contribution in [1.29, 1.82) is 0 Å². The summed E-state index contributed by atoms with van der Waals surface area (Å²) >= 11 is 0. The number of sulfonamides is 1. The van der Waals surface area contributed by atoms with Gasteiger partial charge in [-0.2, -0.15) is 4.31 Å². The first-order valence-electron chi connectivity index (χ1n) is 9.00. The summed E-state index contributed by atoms with van der Waals surface area (Å²) < 4.78 is 27.3. The molecule has 0 amide bonds. The zero-order valence-electron chi connectivity index (χ0n) is 14.8. The minimum atomic E-state index is -3.40. The molecule has 0 N–H and O–H groups in total. The molecule has 0 aliphatic carbocycles. The maximum Gasteiger partial charge on any atom is 0.243 e. The Hall–Kier alpha value is -1.85. The average molecular weight is 359 g/mol. The lowest BCUT2D eigenvalue weighted by Crippen LogP contribution is -2.48. The molecule has 0 saturated carbocycles. The summed E-state index contributed by atoms with van der Waals surface area (Å²) in [4.78, 5) is 2.64. The third kappa shape index (κ3) is 4.22. The van der Waals surface area contributed by atoms with E-state index >= 15 is 0 Å². The van der Waals surface area contributed by atoms with Gasteiger partial charge in [0, 0.05) is 31.9 Å². The first-order chi connectivity index (χ1) is 12.1. The molecular weight excluding hydrogens is 332 g/mol. The molecule has 3 rings (SSSR count). The second kappa shape index (κ2) is 8.02. The van der Waals surface area contributed by atoms with Gasteiger partial charge in [-0.25, -0.2) is 8.42 Å². The highest BCUT2D eigenvalue weighted by Crippen LogP contribution is 2.21. The SMILES string of the molecule is CCCCc1ccc(S(=O)(=O)N2CCN(c3ccccc3)CC2)cc1. The first-order valence-corrected chi connectivity index (χ1v) is 10.4. The number of hydrogen-bond donors (Lipinski definition) is 0. The van der Waals surface area contributed by atoms with E-state index in [1.54, 1.807) is 16.4 Å². The fourth-order valence-electron chi connectivity index (χ4n) is 3.18. The van der Waals surface area contributed by atoms with Gasteiger partial charge in [0.1, 0.15) is 0 Å². The zero-order valence-corrected chi connectivity index (χ0v) is 15.6. The fraction of sp³-hybridized carbons (Fsp3) is 0.400. The molecule has 0 bridgehead atoms. The number of rotatable bonds is 6. The predicted octanol–water partition coefficient (Wildman–Crippen LogP) is 3.54. The molecule has 4 nitrogen and oxygen atoms in total. The van der Waals surface area contributed by atoms with Crippen molar-refractivity contribution in [2.45, 2.75) is 31.1 Å². The van der Waals surface area contributed by atoms with Crippen LogP contribution in [0.4, 0.5) is 5.69 Å². The van der Waals surface area contributed by atoms with E-state index in [-0.39, 0.29) is 0 Å². The van der Waals surface area contributed by atoms with Crippen molar-refractivity contribution in [2.24, 2.45) is 0 Å². The molecule has 0 aromatic heterocycles. The van der Waals surface area contributed by atoms with Crippen molar-refractivity contribution in [2.75, 3.05) is 31.1 Å². The van der Waals surface area contributed by atoms with Crippen LogP contribution in [-0.2, 0) is 16.4 Å². The van der Waals surface area contributed by atoms with Crippen LogP contribution < -0.4 is 4.90 Å². The van der Waals surface area contributed by atoms with E-state index in [4.69, 9.17) is 0 Å². The van der Waals surface area contributed by atoms with Crippen molar-refractivity contribution in [3.8, 4) is 0 Å². The predicted molar refractivity (Wildman–Crippen MR) is 102 cm³/mol. The zero-order chi connectivity index (χ0) is 17.7. The monoisotopic (exact) mass is 358 g/mol. The summed E-state index contributed by atoms with van der Waals surface area (Å²) in [7, 11) is -3.40. The normalized spacial score (nSPS) is 16.1. The van der Waals surface area contributed by atoms with Gasteiger partial charge in [-0.15, -0.1) is 0 Å². The molecule has 0 unspecified atom stereocenters. The van der Waals surface area contributed by atoms with Gasteiger partial charge in [-0.1, -0.05) is 43.7 Å². The van der Waals surface area contributed by atoms with Crippen molar-refractivity contribution >= 4 is 15.7 Å². The van der Waals surface area contributed by atoms with Crippen molar-refractivity contribution in [3.63, 3.8) is 0 Å². The van der Waals surface area contributed by atoms with E-state index in [2.05, 4.69) is 24.0 Å². The number of aryl methyl sites for hydroxylation is 1. The van der Waals surface area contributed by atoms with Gasteiger partial charge in [-0.05, 0) is 42.7 Å². The molecule has 0 radical (unpaired) electrons. The number of anilines is 1. The van der Waals surface area contributed by atoms with Crippen LogP contribution in [0, 0.1) is 0 Å². The summed E-state index contributed by atoms with van der Waals surface area (Å²) in [6.07, 6.45) is 3.28. The van der Waals surface area contributed by atoms with Crippen molar-refractivity contribution in [1.82, 2.24) is 4.31 Å². The second-order valence-corrected chi connectivity index (χ2v) is 8.41. The molecular formula is C20H26N2O2S. The molecule has 0 atom stereocenters.